The van der Waals surface area contributed by atoms with Crippen LogP contribution in [0.1, 0.15) is 16.8 Å². The Morgan fingerprint density at radius 2 is 1.96 bits per heavy atom. The molecule has 0 atom stereocenters. The van der Waals surface area contributed by atoms with E-state index in [1.54, 1.807) is 36.5 Å². The van der Waals surface area contributed by atoms with Crippen molar-refractivity contribution in [2.45, 2.75) is 13.0 Å². The van der Waals surface area contributed by atoms with E-state index in [4.69, 9.17) is 4.74 Å². The van der Waals surface area contributed by atoms with Crippen LogP contribution in [0.15, 0.2) is 59.5 Å². The molecule has 0 aliphatic heterocycles. The molecule has 0 spiro atoms. The zero-order chi connectivity index (χ0) is 19.9. The van der Waals surface area contributed by atoms with Gasteiger partial charge in [0.25, 0.3) is 11.5 Å². The number of methoxy groups -OCH3 is 1. The van der Waals surface area contributed by atoms with Crippen molar-refractivity contribution in [2.24, 2.45) is 0 Å². The normalized spacial score (nSPS) is 10.5. The smallest absolute Gasteiger partial charge is 0.266 e. The molecule has 28 heavy (non-hydrogen) atoms. The fraction of sp³-hybridized carbons (Fsp3) is 0.200. The van der Waals surface area contributed by atoms with Crippen molar-refractivity contribution in [1.82, 2.24) is 20.1 Å². The van der Waals surface area contributed by atoms with Gasteiger partial charge in [0.1, 0.15) is 11.4 Å². The van der Waals surface area contributed by atoms with Gasteiger partial charge in [0.15, 0.2) is 0 Å². The molecule has 0 fully saturated rings. The van der Waals surface area contributed by atoms with Crippen LogP contribution in [-0.4, -0.2) is 34.3 Å². The average molecular weight is 382 g/mol. The summed E-state index contributed by atoms with van der Waals surface area (Å²) in [6.07, 6.45) is 2.05. The maximum absolute atomic E-state index is 13.1. The number of hydrogen-bond acceptors (Lipinski definition) is 5. The first kappa shape index (κ1) is 19.2. The number of rotatable bonds is 7. The van der Waals surface area contributed by atoms with Crippen LogP contribution in [0.2, 0.25) is 0 Å². The number of nitrogens with one attached hydrogen (secondary N) is 1. The summed E-state index contributed by atoms with van der Waals surface area (Å²) in [5.41, 5.74) is 1.39. The third-order valence-electron chi connectivity index (χ3n) is 4.05. The Morgan fingerprint density at radius 3 is 2.71 bits per heavy atom. The van der Waals surface area contributed by atoms with E-state index in [9.17, 15) is 14.0 Å². The van der Waals surface area contributed by atoms with E-state index < -0.39 is 0 Å². The van der Waals surface area contributed by atoms with Crippen molar-refractivity contribution >= 4 is 5.91 Å². The lowest BCUT2D eigenvalue weighted by atomic mass is 10.1. The van der Waals surface area contributed by atoms with E-state index in [0.717, 1.165) is 0 Å². The van der Waals surface area contributed by atoms with Crippen LogP contribution in [-0.2, 0) is 6.54 Å². The topological polar surface area (TPSA) is 86.1 Å². The van der Waals surface area contributed by atoms with Gasteiger partial charge in [0, 0.05) is 30.9 Å². The SMILES string of the molecule is COc1ncccc1C(=O)NCCCn1nc(-c2ccc(F)cc2)ccc1=O. The molecule has 0 saturated carbocycles. The van der Waals surface area contributed by atoms with E-state index in [1.165, 1.54) is 30.0 Å². The number of nitrogens with zero attached hydrogens (tertiary/aromatic N) is 3. The van der Waals surface area contributed by atoms with Crippen molar-refractivity contribution < 1.29 is 13.9 Å². The van der Waals surface area contributed by atoms with Gasteiger partial charge in [0.2, 0.25) is 5.88 Å². The molecule has 0 saturated heterocycles. The van der Waals surface area contributed by atoms with E-state index in [1.807, 2.05) is 0 Å². The third-order valence-corrected chi connectivity index (χ3v) is 4.05. The number of hydrogen-bond donors (Lipinski definition) is 1. The third kappa shape index (κ3) is 4.59. The van der Waals surface area contributed by atoms with Gasteiger partial charge in [-0.3, -0.25) is 9.59 Å². The summed E-state index contributed by atoms with van der Waals surface area (Å²) in [4.78, 5) is 28.2. The standard InChI is InChI=1S/C20H19FN4O3/c1-28-20-16(4-2-11-23-20)19(27)22-12-3-13-25-18(26)10-9-17(24-25)14-5-7-15(21)8-6-14/h2,4-11H,3,12-13H2,1H3,(H,22,27). The lowest BCUT2D eigenvalue weighted by Crippen LogP contribution is -2.28. The van der Waals surface area contributed by atoms with Gasteiger partial charge in [-0.05, 0) is 48.9 Å². The van der Waals surface area contributed by atoms with Crippen molar-refractivity contribution in [2.75, 3.05) is 13.7 Å². The summed E-state index contributed by atoms with van der Waals surface area (Å²) in [7, 11) is 1.45. The number of aromatic nitrogens is 3. The van der Waals surface area contributed by atoms with E-state index in [-0.39, 0.29) is 23.2 Å². The van der Waals surface area contributed by atoms with Crippen LogP contribution < -0.4 is 15.6 Å². The highest BCUT2D eigenvalue weighted by Gasteiger charge is 2.12. The maximum Gasteiger partial charge on any atom is 0.266 e. The quantitative estimate of drug-likeness (QED) is 0.634. The summed E-state index contributed by atoms with van der Waals surface area (Å²) in [5, 5.41) is 7.09. The van der Waals surface area contributed by atoms with Crippen LogP contribution in [0.4, 0.5) is 4.39 Å². The van der Waals surface area contributed by atoms with Crippen molar-refractivity contribution in [3.63, 3.8) is 0 Å². The Labute approximate surface area is 160 Å². The van der Waals surface area contributed by atoms with Gasteiger partial charge in [-0.15, -0.1) is 0 Å². The zero-order valence-electron chi connectivity index (χ0n) is 15.3. The number of ether oxygens (including phenoxy) is 1. The van der Waals surface area contributed by atoms with Gasteiger partial charge < -0.3 is 10.1 Å². The summed E-state index contributed by atoms with van der Waals surface area (Å²) < 4.78 is 19.5. The molecule has 7 nitrogen and oxygen atoms in total. The van der Waals surface area contributed by atoms with Crippen molar-refractivity contribution in [3.05, 3.63) is 76.5 Å². The molecule has 3 rings (SSSR count). The minimum Gasteiger partial charge on any atom is -0.480 e. The number of carbonyl (C=O) groups is 1. The number of aryl methyl sites for hydroxylation is 1. The Bertz CT molecular complexity index is 1020. The molecule has 8 heteroatoms. The van der Waals surface area contributed by atoms with Crippen LogP contribution in [0.25, 0.3) is 11.3 Å². The maximum atomic E-state index is 13.1. The van der Waals surface area contributed by atoms with Gasteiger partial charge in [-0.25, -0.2) is 14.1 Å². The molecule has 0 radical (unpaired) electrons. The fourth-order valence-corrected chi connectivity index (χ4v) is 2.64. The van der Waals surface area contributed by atoms with Crippen LogP contribution in [0.5, 0.6) is 5.88 Å². The van der Waals surface area contributed by atoms with E-state index in [0.29, 0.717) is 36.3 Å². The number of amides is 1. The van der Waals surface area contributed by atoms with Crippen LogP contribution in [0, 0.1) is 5.82 Å². The summed E-state index contributed by atoms with van der Waals surface area (Å²) >= 11 is 0. The zero-order valence-corrected chi connectivity index (χ0v) is 15.3. The molecular weight excluding hydrogens is 363 g/mol. The second kappa shape index (κ2) is 8.90. The van der Waals surface area contributed by atoms with Crippen molar-refractivity contribution in [3.8, 4) is 17.1 Å². The minimum atomic E-state index is -0.335. The monoisotopic (exact) mass is 382 g/mol. The predicted molar refractivity (Wildman–Crippen MR) is 102 cm³/mol. The molecule has 2 heterocycles. The Hall–Kier alpha value is -3.55. The second-order valence-corrected chi connectivity index (χ2v) is 5.96. The molecule has 0 bridgehead atoms. The molecule has 1 N–H and O–H groups in total. The molecular formula is C20H19FN4O3. The van der Waals surface area contributed by atoms with Gasteiger partial charge in [-0.1, -0.05) is 0 Å². The van der Waals surface area contributed by atoms with Crippen LogP contribution >= 0.6 is 0 Å². The molecule has 1 aromatic carbocycles. The number of benzene rings is 1. The first-order chi connectivity index (χ1) is 13.6. The summed E-state index contributed by atoms with van der Waals surface area (Å²) in [6, 6.07) is 12.2. The molecule has 2 aromatic heterocycles. The molecule has 1 amide bonds. The highest BCUT2D eigenvalue weighted by Crippen LogP contribution is 2.16. The Kier molecular flexibility index (Phi) is 6.11. The molecule has 0 aliphatic rings. The first-order valence-electron chi connectivity index (χ1n) is 8.70. The average Bonchev–Trinajstić information content (AvgIpc) is 2.72. The summed E-state index contributed by atoms with van der Waals surface area (Å²) in [6.45, 7) is 0.685. The van der Waals surface area contributed by atoms with Crippen LogP contribution in [0.3, 0.4) is 0 Å². The highest BCUT2D eigenvalue weighted by atomic mass is 19.1. The Balaban J connectivity index is 1.60. The largest absolute Gasteiger partial charge is 0.480 e. The minimum absolute atomic E-state index is 0.244. The number of halogens is 1. The number of pyridine rings is 1. The highest BCUT2D eigenvalue weighted by molar-refractivity contribution is 5.96. The van der Waals surface area contributed by atoms with Gasteiger partial charge >= 0.3 is 0 Å². The second-order valence-electron chi connectivity index (χ2n) is 5.96. The fourth-order valence-electron chi connectivity index (χ4n) is 2.64. The van der Waals surface area contributed by atoms with Gasteiger partial charge in [0.05, 0.1) is 12.8 Å². The first-order valence-corrected chi connectivity index (χ1v) is 8.70. The molecule has 3 aromatic rings. The van der Waals surface area contributed by atoms with Gasteiger partial charge in [-0.2, -0.15) is 5.10 Å². The lowest BCUT2D eigenvalue weighted by Gasteiger charge is -2.09. The van der Waals surface area contributed by atoms with E-state index in [2.05, 4.69) is 15.4 Å². The predicted octanol–water partition coefficient (Wildman–Crippen LogP) is 2.27. The lowest BCUT2D eigenvalue weighted by molar-refractivity contribution is 0.0948. The molecule has 0 unspecified atom stereocenters. The Morgan fingerprint density at radius 1 is 1.18 bits per heavy atom. The molecule has 144 valence electrons. The summed E-state index contributed by atoms with van der Waals surface area (Å²) in [5.74, 6) is -0.381. The van der Waals surface area contributed by atoms with E-state index >= 15 is 0 Å². The van der Waals surface area contributed by atoms with Crippen molar-refractivity contribution in [1.29, 1.82) is 0 Å². The molecule has 0 aliphatic carbocycles. The number of carbonyl (C=O) groups excluding carboxylic acids is 1.